The highest BCUT2D eigenvalue weighted by Gasteiger charge is 2.31. The first-order valence-corrected chi connectivity index (χ1v) is 6.68. The van der Waals surface area contributed by atoms with Gasteiger partial charge in [0, 0.05) is 10.6 Å². The third-order valence-electron chi connectivity index (χ3n) is 3.15. The zero-order valence-electron chi connectivity index (χ0n) is 11.0. The second-order valence-electron chi connectivity index (χ2n) is 4.55. The number of aliphatic hydroxyl groups is 1. The minimum absolute atomic E-state index is 0.223. The maximum absolute atomic E-state index is 11.5. The fourth-order valence-corrected chi connectivity index (χ4v) is 2.44. The molecule has 0 heterocycles. The Morgan fingerprint density at radius 2 is 2.21 bits per heavy atom. The molecule has 0 radical (unpaired) electrons. The maximum Gasteiger partial charge on any atom is 0.339 e. The number of carbonyl (C=O) groups excluding carboxylic acids is 1. The summed E-state index contributed by atoms with van der Waals surface area (Å²) in [6.45, 7) is 1.91. The van der Waals surface area contributed by atoms with Crippen LogP contribution >= 0.6 is 11.6 Å². The number of ether oxygens (including phenoxy) is 2. The van der Waals surface area contributed by atoms with Gasteiger partial charge in [0.25, 0.3) is 0 Å². The molecule has 19 heavy (non-hydrogen) atoms. The van der Waals surface area contributed by atoms with Gasteiger partial charge in [0.05, 0.1) is 13.7 Å². The molecule has 1 aromatic carbocycles. The number of hydrogen-bond donors (Lipinski definition) is 1. The topological polar surface area (TPSA) is 55.8 Å². The van der Waals surface area contributed by atoms with Crippen molar-refractivity contribution < 1.29 is 19.4 Å². The number of carbonyl (C=O) groups is 1. The van der Waals surface area contributed by atoms with Crippen LogP contribution in [-0.2, 0) is 9.53 Å². The number of esters is 1. The smallest absolute Gasteiger partial charge is 0.339 e. The van der Waals surface area contributed by atoms with E-state index in [0.29, 0.717) is 22.3 Å². The molecule has 0 amide bonds. The van der Waals surface area contributed by atoms with E-state index in [0.717, 1.165) is 18.4 Å². The number of hydrogen-bond acceptors (Lipinski definition) is 4. The van der Waals surface area contributed by atoms with Crippen LogP contribution in [0.25, 0.3) is 0 Å². The Bertz CT molecular complexity index is 483. The minimum atomic E-state index is -1.33. The van der Waals surface area contributed by atoms with Crippen molar-refractivity contribution in [1.82, 2.24) is 0 Å². The van der Waals surface area contributed by atoms with E-state index in [2.05, 4.69) is 0 Å². The van der Waals surface area contributed by atoms with E-state index in [1.54, 1.807) is 26.2 Å². The molecule has 0 spiro atoms. The first-order chi connectivity index (χ1) is 9.08. The Balaban J connectivity index is 2.32. The third kappa shape index (κ3) is 3.01. The van der Waals surface area contributed by atoms with Crippen molar-refractivity contribution in [3.8, 4) is 5.75 Å². The molecule has 4 nitrogen and oxygen atoms in total. The average Bonchev–Trinajstić information content (AvgIpc) is 3.21. The van der Waals surface area contributed by atoms with E-state index >= 15 is 0 Å². The molecule has 0 saturated heterocycles. The van der Waals surface area contributed by atoms with E-state index in [9.17, 15) is 9.90 Å². The maximum atomic E-state index is 11.5. The van der Waals surface area contributed by atoms with Crippen molar-refractivity contribution in [3.63, 3.8) is 0 Å². The summed E-state index contributed by atoms with van der Waals surface area (Å²) in [5.41, 5.74) is 1.36. The predicted octanol–water partition coefficient (Wildman–Crippen LogP) is 2.82. The van der Waals surface area contributed by atoms with Gasteiger partial charge in [-0.2, -0.15) is 0 Å². The largest absolute Gasteiger partial charge is 0.496 e. The van der Waals surface area contributed by atoms with Gasteiger partial charge in [-0.15, -0.1) is 0 Å². The summed E-state index contributed by atoms with van der Waals surface area (Å²) in [6, 6.07) is 3.26. The van der Waals surface area contributed by atoms with Gasteiger partial charge in [-0.25, -0.2) is 4.79 Å². The second-order valence-corrected chi connectivity index (χ2v) is 4.95. The molecule has 2 rings (SSSR count). The summed E-state index contributed by atoms with van der Waals surface area (Å²) in [5.74, 6) is 0.365. The molecule has 1 N–H and O–H groups in total. The Morgan fingerprint density at radius 3 is 2.74 bits per heavy atom. The number of benzene rings is 1. The monoisotopic (exact) mass is 284 g/mol. The lowest BCUT2D eigenvalue weighted by Gasteiger charge is -2.15. The molecular formula is C14H17ClO4. The predicted molar refractivity (Wildman–Crippen MR) is 71.6 cm³/mol. The first-order valence-electron chi connectivity index (χ1n) is 6.30. The van der Waals surface area contributed by atoms with Crippen molar-refractivity contribution in [2.24, 2.45) is 0 Å². The van der Waals surface area contributed by atoms with Gasteiger partial charge in [-0.05, 0) is 43.4 Å². The van der Waals surface area contributed by atoms with Crippen molar-refractivity contribution in [2.45, 2.75) is 31.8 Å². The summed E-state index contributed by atoms with van der Waals surface area (Å²) >= 11 is 6.23. The van der Waals surface area contributed by atoms with Crippen LogP contribution in [0.2, 0.25) is 5.02 Å². The van der Waals surface area contributed by atoms with Crippen LogP contribution < -0.4 is 4.74 Å². The van der Waals surface area contributed by atoms with E-state index in [1.165, 1.54) is 0 Å². The Labute approximate surface area is 117 Å². The van der Waals surface area contributed by atoms with E-state index in [4.69, 9.17) is 21.1 Å². The van der Waals surface area contributed by atoms with Gasteiger partial charge in [0.1, 0.15) is 5.75 Å². The molecule has 0 aliphatic heterocycles. The molecule has 0 aromatic heterocycles. The summed E-state index contributed by atoms with van der Waals surface area (Å²) in [5, 5.41) is 10.4. The molecule has 1 aliphatic rings. The van der Waals surface area contributed by atoms with Gasteiger partial charge >= 0.3 is 5.97 Å². The van der Waals surface area contributed by atoms with Crippen LogP contribution in [0, 0.1) is 0 Å². The molecule has 1 saturated carbocycles. The van der Waals surface area contributed by atoms with Crippen LogP contribution in [-0.4, -0.2) is 24.8 Å². The third-order valence-corrected chi connectivity index (χ3v) is 3.46. The average molecular weight is 285 g/mol. The van der Waals surface area contributed by atoms with Gasteiger partial charge in [0.2, 0.25) is 0 Å². The van der Waals surface area contributed by atoms with E-state index < -0.39 is 12.1 Å². The highest BCUT2D eigenvalue weighted by atomic mass is 35.5. The van der Waals surface area contributed by atoms with Gasteiger partial charge < -0.3 is 14.6 Å². The molecule has 1 fully saturated rings. The summed E-state index contributed by atoms with van der Waals surface area (Å²) in [7, 11) is 1.55. The fourth-order valence-electron chi connectivity index (χ4n) is 2.06. The Hall–Kier alpha value is -1.26. The lowest BCUT2D eigenvalue weighted by molar-refractivity contribution is -0.153. The van der Waals surface area contributed by atoms with E-state index in [-0.39, 0.29) is 6.61 Å². The molecule has 1 atom stereocenters. The summed E-state index contributed by atoms with van der Waals surface area (Å²) < 4.78 is 10.1. The standard InChI is InChI=1S/C14H17ClO4/c1-3-19-14(17)13(16)9-6-10(15)12(8-4-5-8)11(7-9)18-2/h6-8,13,16H,3-5H2,1-2H3. The lowest BCUT2D eigenvalue weighted by atomic mass is 10.0. The Kier molecular flexibility index (Phi) is 4.32. The number of rotatable bonds is 5. The van der Waals surface area contributed by atoms with E-state index in [1.807, 2.05) is 0 Å². The molecule has 1 unspecified atom stereocenters. The molecule has 104 valence electrons. The van der Waals surface area contributed by atoms with Crippen LogP contribution in [0.5, 0.6) is 5.75 Å². The SMILES string of the molecule is CCOC(=O)C(O)c1cc(Cl)c(C2CC2)c(OC)c1. The molecule has 1 aliphatic carbocycles. The van der Waals surface area contributed by atoms with Crippen molar-refractivity contribution >= 4 is 17.6 Å². The van der Waals surface area contributed by atoms with Crippen molar-refractivity contribution in [3.05, 3.63) is 28.3 Å². The lowest BCUT2D eigenvalue weighted by Crippen LogP contribution is -2.15. The van der Waals surface area contributed by atoms with Crippen LogP contribution in [0.15, 0.2) is 12.1 Å². The summed E-state index contributed by atoms with van der Waals surface area (Å²) in [6.07, 6.45) is 0.853. The van der Waals surface area contributed by atoms with Crippen LogP contribution in [0.4, 0.5) is 0 Å². The zero-order chi connectivity index (χ0) is 14.0. The van der Waals surface area contributed by atoms with Crippen molar-refractivity contribution in [1.29, 1.82) is 0 Å². The minimum Gasteiger partial charge on any atom is -0.496 e. The number of aliphatic hydroxyl groups excluding tert-OH is 1. The quantitative estimate of drug-likeness (QED) is 0.845. The van der Waals surface area contributed by atoms with Crippen molar-refractivity contribution in [2.75, 3.05) is 13.7 Å². The molecular weight excluding hydrogens is 268 g/mol. The first kappa shape index (κ1) is 14.2. The highest BCUT2D eigenvalue weighted by Crippen LogP contribution is 2.48. The van der Waals surface area contributed by atoms with Gasteiger partial charge in [-0.1, -0.05) is 11.6 Å². The highest BCUT2D eigenvalue weighted by molar-refractivity contribution is 6.31. The summed E-state index contributed by atoms with van der Waals surface area (Å²) in [4.78, 5) is 11.5. The second kappa shape index (κ2) is 5.80. The van der Waals surface area contributed by atoms with Gasteiger partial charge in [-0.3, -0.25) is 0 Å². The zero-order valence-corrected chi connectivity index (χ0v) is 11.7. The van der Waals surface area contributed by atoms with Crippen LogP contribution in [0.1, 0.15) is 42.9 Å². The molecule has 0 bridgehead atoms. The molecule has 5 heteroatoms. The van der Waals surface area contributed by atoms with Crippen LogP contribution in [0.3, 0.4) is 0 Å². The fraction of sp³-hybridized carbons (Fsp3) is 0.500. The normalized spacial score (nSPS) is 16.0. The van der Waals surface area contributed by atoms with Gasteiger partial charge in [0.15, 0.2) is 6.10 Å². The molecule has 1 aromatic rings. The number of methoxy groups -OCH3 is 1. The number of halogens is 1. The Morgan fingerprint density at radius 1 is 1.53 bits per heavy atom.